The first kappa shape index (κ1) is 14.9. The Morgan fingerprint density at radius 3 is 2.64 bits per heavy atom. The summed E-state index contributed by atoms with van der Waals surface area (Å²) in [7, 11) is 0. The summed E-state index contributed by atoms with van der Waals surface area (Å²) >= 11 is 5.83. The second-order valence-corrected chi connectivity index (χ2v) is 6.08. The average Bonchev–Trinajstić information content (AvgIpc) is 3.31. The van der Waals surface area contributed by atoms with Crippen LogP contribution in [0.3, 0.4) is 0 Å². The highest BCUT2D eigenvalue weighted by molar-refractivity contribution is 6.30. The first-order valence-electron chi connectivity index (χ1n) is 7.30. The average molecular weight is 317 g/mol. The summed E-state index contributed by atoms with van der Waals surface area (Å²) in [6, 6.07) is 9.21. The number of amides is 1. The molecule has 1 saturated carbocycles. The minimum Gasteiger partial charge on any atom is -0.348 e. The van der Waals surface area contributed by atoms with Crippen LogP contribution in [0.25, 0.3) is 0 Å². The van der Waals surface area contributed by atoms with Gasteiger partial charge in [0.1, 0.15) is 5.56 Å². The van der Waals surface area contributed by atoms with Gasteiger partial charge in [0.05, 0.1) is 0 Å². The van der Waals surface area contributed by atoms with E-state index in [1.807, 2.05) is 23.6 Å². The number of carbonyl (C=O) groups excluding carboxylic acids is 1. The van der Waals surface area contributed by atoms with Crippen LogP contribution < -0.4 is 10.7 Å². The fourth-order valence-corrected chi connectivity index (χ4v) is 2.57. The standard InChI is InChI=1S/C17H17ClN2O2/c1-11-8-16(21)15(10-20(11)14-6-7-14)17(22)19-9-12-2-4-13(18)5-3-12/h2-5,8,10,14H,6-7,9H2,1H3,(H,19,22). The molecule has 0 atom stereocenters. The molecule has 1 heterocycles. The maximum Gasteiger partial charge on any atom is 0.257 e. The fraction of sp³-hybridized carbons (Fsp3) is 0.294. The largest absolute Gasteiger partial charge is 0.348 e. The van der Waals surface area contributed by atoms with Crippen LogP contribution in [0.1, 0.15) is 40.5 Å². The Morgan fingerprint density at radius 2 is 2.00 bits per heavy atom. The maximum atomic E-state index is 12.3. The van der Waals surface area contributed by atoms with E-state index in [0.29, 0.717) is 17.6 Å². The Labute approximate surface area is 133 Å². The summed E-state index contributed by atoms with van der Waals surface area (Å²) in [6.45, 7) is 2.27. The van der Waals surface area contributed by atoms with Crippen molar-refractivity contribution in [2.24, 2.45) is 0 Å². The number of rotatable bonds is 4. The number of nitrogens with zero attached hydrogens (tertiary/aromatic N) is 1. The van der Waals surface area contributed by atoms with Crippen molar-refractivity contribution in [3.63, 3.8) is 0 Å². The van der Waals surface area contributed by atoms with E-state index in [1.165, 1.54) is 6.07 Å². The van der Waals surface area contributed by atoms with E-state index in [9.17, 15) is 9.59 Å². The zero-order valence-electron chi connectivity index (χ0n) is 12.3. The summed E-state index contributed by atoms with van der Waals surface area (Å²) in [4.78, 5) is 24.3. The van der Waals surface area contributed by atoms with E-state index >= 15 is 0 Å². The molecular formula is C17H17ClN2O2. The first-order valence-corrected chi connectivity index (χ1v) is 7.68. The fourth-order valence-electron chi connectivity index (χ4n) is 2.44. The van der Waals surface area contributed by atoms with E-state index in [0.717, 1.165) is 24.1 Å². The molecule has 0 bridgehead atoms. The number of aryl methyl sites for hydroxylation is 1. The highest BCUT2D eigenvalue weighted by Gasteiger charge is 2.25. The lowest BCUT2D eigenvalue weighted by atomic mass is 10.2. The number of hydrogen-bond donors (Lipinski definition) is 1. The minimum atomic E-state index is -0.339. The first-order chi connectivity index (χ1) is 10.5. The van der Waals surface area contributed by atoms with Crippen LogP contribution in [-0.4, -0.2) is 10.5 Å². The molecule has 1 aromatic carbocycles. The Hall–Kier alpha value is -2.07. The molecule has 114 valence electrons. The smallest absolute Gasteiger partial charge is 0.257 e. The predicted octanol–water partition coefficient (Wildman–Crippen LogP) is 3.08. The molecule has 1 aliphatic carbocycles. The topological polar surface area (TPSA) is 51.1 Å². The molecule has 0 unspecified atom stereocenters. The molecule has 1 aliphatic rings. The molecule has 0 radical (unpaired) electrons. The molecule has 0 aliphatic heterocycles. The van der Waals surface area contributed by atoms with Gasteiger partial charge < -0.3 is 9.88 Å². The van der Waals surface area contributed by atoms with Gasteiger partial charge in [-0.1, -0.05) is 23.7 Å². The SMILES string of the molecule is Cc1cc(=O)c(C(=O)NCc2ccc(Cl)cc2)cn1C1CC1. The zero-order chi connectivity index (χ0) is 15.7. The third-order valence-electron chi connectivity index (χ3n) is 3.83. The van der Waals surface area contributed by atoms with Gasteiger partial charge >= 0.3 is 0 Å². The Bertz CT molecular complexity index is 761. The number of hydrogen-bond acceptors (Lipinski definition) is 2. The van der Waals surface area contributed by atoms with Gasteiger partial charge in [0.2, 0.25) is 0 Å². The molecule has 4 nitrogen and oxygen atoms in total. The van der Waals surface area contributed by atoms with E-state index in [1.54, 1.807) is 18.3 Å². The normalized spacial score (nSPS) is 13.9. The summed E-state index contributed by atoms with van der Waals surface area (Å²) in [5.74, 6) is -0.339. The Morgan fingerprint density at radius 1 is 1.32 bits per heavy atom. The lowest BCUT2D eigenvalue weighted by Gasteiger charge is -2.11. The lowest BCUT2D eigenvalue weighted by Crippen LogP contribution is -2.29. The number of benzene rings is 1. The van der Waals surface area contributed by atoms with Crippen molar-refractivity contribution in [2.75, 3.05) is 0 Å². The van der Waals surface area contributed by atoms with Crippen LogP contribution in [0.5, 0.6) is 0 Å². The summed E-state index contributed by atoms with van der Waals surface area (Å²) in [6.07, 6.45) is 3.90. The number of nitrogens with one attached hydrogen (secondary N) is 1. The Kier molecular flexibility index (Phi) is 4.03. The van der Waals surface area contributed by atoms with Crippen LogP contribution >= 0.6 is 11.6 Å². The molecule has 3 rings (SSSR count). The second kappa shape index (κ2) is 5.97. The Balaban J connectivity index is 1.75. The van der Waals surface area contributed by atoms with E-state index in [4.69, 9.17) is 11.6 Å². The van der Waals surface area contributed by atoms with Crippen LogP contribution in [0.2, 0.25) is 5.02 Å². The third-order valence-corrected chi connectivity index (χ3v) is 4.08. The summed E-state index contributed by atoms with van der Waals surface area (Å²) in [5, 5.41) is 3.44. The quantitative estimate of drug-likeness (QED) is 0.942. The second-order valence-electron chi connectivity index (χ2n) is 5.64. The molecule has 0 spiro atoms. The van der Waals surface area contributed by atoms with Crippen LogP contribution in [0.4, 0.5) is 0 Å². The van der Waals surface area contributed by atoms with E-state index < -0.39 is 0 Å². The van der Waals surface area contributed by atoms with Crippen LogP contribution in [0, 0.1) is 6.92 Å². The van der Waals surface area contributed by atoms with Crippen molar-refractivity contribution in [3.05, 3.63) is 68.6 Å². The van der Waals surface area contributed by atoms with E-state index in [-0.39, 0.29) is 16.9 Å². The van der Waals surface area contributed by atoms with Crippen molar-refractivity contribution in [2.45, 2.75) is 32.4 Å². The van der Waals surface area contributed by atoms with Gasteiger partial charge in [0.25, 0.3) is 5.91 Å². The maximum absolute atomic E-state index is 12.3. The zero-order valence-corrected chi connectivity index (χ0v) is 13.1. The molecule has 1 fully saturated rings. The molecule has 0 saturated heterocycles. The van der Waals surface area contributed by atoms with Gasteiger partial charge in [0.15, 0.2) is 5.43 Å². The van der Waals surface area contributed by atoms with Crippen molar-refractivity contribution in [3.8, 4) is 0 Å². The van der Waals surface area contributed by atoms with Gasteiger partial charge in [0, 0.05) is 35.6 Å². The van der Waals surface area contributed by atoms with E-state index in [2.05, 4.69) is 5.32 Å². The van der Waals surface area contributed by atoms with Crippen molar-refractivity contribution in [1.82, 2.24) is 9.88 Å². The van der Waals surface area contributed by atoms with Crippen molar-refractivity contribution in [1.29, 1.82) is 0 Å². The van der Waals surface area contributed by atoms with Crippen molar-refractivity contribution < 1.29 is 4.79 Å². The minimum absolute atomic E-state index is 0.200. The molecular weight excluding hydrogens is 300 g/mol. The number of aromatic nitrogens is 1. The van der Waals surface area contributed by atoms with Gasteiger partial charge in [-0.15, -0.1) is 0 Å². The third kappa shape index (κ3) is 3.22. The number of carbonyl (C=O) groups is 1. The number of pyridine rings is 1. The molecule has 1 aromatic heterocycles. The summed E-state index contributed by atoms with van der Waals surface area (Å²) in [5.41, 5.74) is 1.81. The van der Waals surface area contributed by atoms with Gasteiger partial charge in [-0.3, -0.25) is 9.59 Å². The van der Waals surface area contributed by atoms with Gasteiger partial charge in [-0.25, -0.2) is 0 Å². The highest BCUT2D eigenvalue weighted by atomic mass is 35.5. The molecule has 5 heteroatoms. The molecule has 1 amide bonds. The van der Waals surface area contributed by atoms with Crippen molar-refractivity contribution >= 4 is 17.5 Å². The van der Waals surface area contributed by atoms with Crippen LogP contribution in [-0.2, 0) is 6.54 Å². The predicted molar refractivity (Wildman–Crippen MR) is 86.3 cm³/mol. The lowest BCUT2D eigenvalue weighted by molar-refractivity contribution is 0.0949. The van der Waals surface area contributed by atoms with Gasteiger partial charge in [-0.05, 0) is 37.5 Å². The van der Waals surface area contributed by atoms with Crippen LogP contribution in [0.15, 0.2) is 41.3 Å². The number of halogens is 1. The monoisotopic (exact) mass is 316 g/mol. The summed E-state index contributed by atoms with van der Waals surface area (Å²) < 4.78 is 2.03. The highest BCUT2D eigenvalue weighted by Crippen LogP contribution is 2.35. The molecule has 22 heavy (non-hydrogen) atoms. The molecule has 2 aromatic rings. The molecule has 1 N–H and O–H groups in total. The van der Waals surface area contributed by atoms with Gasteiger partial charge in [-0.2, -0.15) is 0 Å².